The number of hydrogen-bond acceptors (Lipinski definition) is 2. The molecule has 0 aromatic carbocycles. The van der Waals surface area contributed by atoms with Crippen LogP contribution in [0.4, 0.5) is 0 Å². The molecule has 5 heteroatoms. The third-order valence-electron chi connectivity index (χ3n) is 1.51. The maximum absolute atomic E-state index is 5.57. The minimum Gasteiger partial charge on any atom is -0.370 e. The molecule has 5 nitrogen and oxygen atoms in total. The van der Waals surface area contributed by atoms with E-state index in [1.54, 1.807) is 12.4 Å². The van der Waals surface area contributed by atoms with Crippen molar-refractivity contribution in [3.63, 3.8) is 0 Å². The molecule has 1 aromatic rings. The summed E-state index contributed by atoms with van der Waals surface area (Å²) >= 11 is 0. The Bertz CT molecular complexity index is 252. The largest absolute Gasteiger partial charge is 0.370 e. The predicted octanol–water partition coefficient (Wildman–Crippen LogP) is 0.224. The number of aromatic nitrogens is 2. The van der Waals surface area contributed by atoms with Gasteiger partial charge in [-0.2, -0.15) is 0 Å². The van der Waals surface area contributed by atoms with Gasteiger partial charge in [0.25, 0.3) is 0 Å². The van der Waals surface area contributed by atoms with E-state index in [1.165, 1.54) is 0 Å². The molecule has 72 valence electrons. The topological polar surface area (TPSA) is 79.1 Å². The van der Waals surface area contributed by atoms with Crippen molar-refractivity contribution in [2.24, 2.45) is 10.7 Å². The number of nitrogens with two attached hydrogens (primary N) is 1. The van der Waals surface area contributed by atoms with Crippen LogP contribution in [0.1, 0.15) is 19.2 Å². The molecular formula is C8H15N5. The van der Waals surface area contributed by atoms with Crippen LogP contribution in [-0.2, 0) is 6.54 Å². The number of nitrogens with one attached hydrogen (secondary N) is 2. The lowest BCUT2D eigenvalue weighted by Gasteiger charge is -2.01. The minimum absolute atomic E-state index is 0.471. The Kier molecular flexibility index (Phi) is 3.81. The van der Waals surface area contributed by atoms with E-state index in [9.17, 15) is 0 Å². The average Bonchev–Trinajstić information content (AvgIpc) is 2.64. The average molecular weight is 181 g/mol. The van der Waals surface area contributed by atoms with Crippen molar-refractivity contribution in [3.05, 3.63) is 18.2 Å². The molecule has 0 saturated carbocycles. The zero-order valence-electron chi connectivity index (χ0n) is 7.75. The van der Waals surface area contributed by atoms with Crippen LogP contribution in [0.5, 0.6) is 0 Å². The lowest BCUT2D eigenvalue weighted by Crippen LogP contribution is -2.32. The number of aliphatic imine (C=N–C) groups is 1. The maximum atomic E-state index is 5.57. The molecular weight excluding hydrogens is 166 g/mol. The van der Waals surface area contributed by atoms with Gasteiger partial charge in [-0.1, -0.05) is 6.92 Å². The van der Waals surface area contributed by atoms with E-state index in [0.717, 1.165) is 18.8 Å². The molecule has 1 rings (SSSR count). The summed E-state index contributed by atoms with van der Waals surface area (Å²) in [7, 11) is 0. The highest BCUT2D eigenvalue weighted by Gasteiger charge is 1.92. The number of guanidine groups is 1. The van der Waals surface area contributed by atoms with Crippen LogP contribution >= 0.6 is 0 Å². The summed E-state index contributed by atoms with van der Waals surface area (Å²) in [6, 6.07) is 0. The molecule has 0 amide bonds. The van der Waals surface area contributed by atoms with Gasteiger partial charge in [0.1, 0.15) is 12.4 Å². The molecule has 13 heavy (non-hydrogen) atoms. The number of H-pyrrole nitrogens is 1. The van der Waals surface area contributed by atoms with Crippen LogP contribution < -0.4 is 11.1 Å². The van der Waals surface area contributed by atoms with Crippen molar-refractivity contribution in [2.75, 3.05) is 6.54 Å². The zero-order chi connectivity index (χ0) is 9.52. The Labute approximate surface area is 77.5 Å². The van der Waals surface area contributed by atoms with Gasteiger partial charge in [0.05, 0.1) is 0 Å². The second-order valence-electron chi connectivity index (χ2n) is 2.66. The molecule has 0 atom stereocenters. The molecule has 0 aliphatic rings. The molecule has 0 aliphatic carbocycles. The molecule has 0 radical (unpaired) electrons. The van der Waals surface area contributed by atoms with Gasteiger partial charge in [0.2, 0.25) is 0 Å². The van der Waals surface area contributed by atoms with E-state index in [1.807, 2.05) is 0 Å². The van der Waals surface area contributed by atoms with Crippen LogP contribution in [0.25, 0.3) is 0 Å². The van der Waals surface area contributed by atoms with E-state index in [0.29, 0.717) is 12.5 Å². The fraction of sp³-hybridized carbons (Fsp3) is 0.500. The van der Waals surface area contributed by atoms with Gasteiger partial charge in [-0.3, -0.25) is 0 Å². The molecule has 0 unspecified atom stereocenters. The number of imidazole rings is 1. The second kappa shape index (κ2) is 5.18. The summed E-state index contributed by atoms with van der Waals surface area (Å²) in [6.45, 7) is 3.43. The molecule has 0 aliphatic heterocycles. The van der Waals surface area contributed by atoms with Crippen LogP contribution in [-0.4, -0.2) is 22.5 Å². The van der Waals surface area contributed by atoms with Crippen LogP contribution in [0, 0.1) is 0 Å². The highest BCUT2D eigenvalue weighted by Crippen LogP contribution is 1.89. The first-order valence-corrected chi connectivity index (χ1v) is 4.35. The quantitative estimate of drug-likeness (QED) is 0.459. The molecule has 0 spiro atoms. The van der Waals surface area contributed by atoms with Crippen LogP contribution in [0.15, 0.2) is 17.4 Å². The Morgan fingerprint density at radius 1 is 1.77 bits per heavy atom. The number of rotatable bonds is 4. The molecule has 0 saturated heterocycles. The fourth-order valence-electron chi connectivity index (χ4n) is 0.853. The van der Waals surface area contributed by atoms with Crippen molar-refractivity contribution in [3.8, 4) is 0 Å². The van der Waals surface area contributed by atoms with Gasteiger partial charge in [-0.15, -0.1) is 0 Å². The van der Waals surface area contributed by atoms with Gasteiger partial charge < -0.3 is 16.0 Å². The van der Waals surface area contributed by atoms with Gasteiger partial charge in [-0.25, -0.2) is 9.98 Å². The van der Waals surface area contributed by atoms with E-state index in [-0.39, 0.29) is 0 Å². The molecule has 1 aromatic heterocycles. The van der Waals surface area contributed by atoms with E-state index in [4.69, 9.17) is 5.73 Å². The van der Waals surface area contributed by atoms with Crippen molar-refractivity contribution >= 4 is 5.96 Å². The van der Waals surface area contributed by atoms with Crippen molar-refractivity contribution in [1.82, 2.24) is 15.3 Å². The minimum atomic E-state index is 0.471. The van der Waals surface area contributed by atoms with Gasteiger partial charge >= 0.3 is 0 Å². The normalized spacial score (nSPS) is 11.6. The SMILES string of the molecule is CCCNC(N)=NCc1ncc[nH]1. The second-order valence-corrected chi connectivity index (χ2v) is 2.66. The maximum Gasteiger partial charge on any atom is 0.189 e. The van der Waals surface area contributed by atoms with Gasteiger partial charge in [-0.05, 0) is 6.42 Å². The molecule has 0 bridgehead atoms. The first kappa shape index (κ1) is 9.57. The summed E-state index contributed by atoms with van der Waals surface area (Å²) in [5, 5.41) is 2.98. The Morgan fingerprint density at radius 2 is 2.62 bits per heavy atom. The van der Waals surface area contributed by atoms with E-state index < -0.39 is 0 Å². The number of hydrogen-bond donors (Lipinski definition) is 3. The highest BCUT2D eigenvalue weighted by molar-refractivity contribution is 5.77. The third kappa shape index (κ3) is 3.59. The Balaban J connectivity index is 2.30. The predicted molar refractivity (Wildman–Crippen MR) is 52.2 cm³/mol. The van der Waals surface area contributed by atoms with E-state index in [2.05, 4.69) is 27.2 Å². The van der Waals surface area contributed by atoms with Crippen LogP contribution in [0.3, 0.4) is 0 Å². The summed E-state index contributed by atoms with van der Waals surface area (Å²) in [4.78, 5) is 11.1. The Hall–Kier alpha value is -1.52. The lowest BCUT2D eigenvalue weighted by atomic mass is 10.5. The summed E-state index contributed by atoms with van der Waals surface area (Å²) < 4.78 is 0. The summed E-state index contributed by atoms with van der Waals surface area (Å²) in [5.41, 5.74) is 5.57. The first-order valence-electron chi connectivity index (χ1n) is 4.35. The van der Waals surface area contributed by atoms with E-state index >= 15 is 0 Å². The first-order chi connectivity index (χ1) is 6.33. The smallest absolute Gasteiger partial charge is 0.189 e. The molecule has 0 fully saturated rings. The number of aromatic amines is 1. The van der Waals surface area contributed by atoms with Crippen molar-refractivity contribution < 1.29 is 0 Å². The fourth-order valence-corrected chi connectivity index (χ4v) is 0.853. The molecule has 4 N–H and O–H groups in total. The molecule has 1 heterocycles. The third-order valence-corrected chi connectivity index (χ3v) is 1.51. The summed E-state index contributed by atoms with van der Waals surface area (Å²) in [6.07, 6.45) is 4.50. The lowest BCUT2D eigenvalue weighted by molar-refractivity contribution is 0.820. The monoisotopic (exact) mass is 181 g/mol. The number of nitrogens with zero attached hydrogens (tertiary/aromatic N) is 2. The standard InChI is InChI=1S/C8H15N5/c1-2-3-12-8(9)13-6-7-10-4-5-11-7/h4-5H,2-3,6H2,1H3,(H,10,11)(H3,9,12,13). The Morgan fingerprint density at radius 3 is 3.23 bits per heavy atom. The highest BCUT2D eigenvalue weighted by atomic mass is 15.1. The van der Waals surface area contributed by atoms with Crippen LogP contribution in [0.2, 0.25) is 0 Å². The van der Waals surface area contributed by atoms with Gasteiger partial charge in [0, 0.05) is 18.9 Å². The zero-order valence-corrected chi connectivity index (χ0v) is 7.75. The van der Waals surface area contributed by atoms with Crippen molar-refractivity contribution in [1.29, 1.82) is 0 Å². The summed E-state index contributed by atoms with van der Waals surface area (Å²) in [5.74, 6) is 1.29. The van der Waals surface area contributed by atoms with Crippen molar-refractivity contribution in [2.45, 2.75) is 19.9 Å². The van der Waals surface area contributed by atoms with Gasteiger partial charge in [0.15, 0.2) is 5.96 Å².